The van der Waals surface area contributed by atoms with Gasteiger partial charge in [-0.3, -0.25) is 0 Å². The number of hydrogen-bond donors (Lipinski definition) is 0. The van der Waals surface area contributed by atoms with Crippen molar-refractivity contribution < 1.29 is 0 Å². The average Bonchev–Trinajstić information content (AvgIpc) is 2.68. The first kappa shape index (κ1) is 29.2. The highest BCUT2D eigenvalue weighted by Gasteiger charge is 2.26. The third-order valence-corrected chi connectivity index (χ3v) is 7.29. The van der Waals surface area contributed by atoms with Crippen LogP contribution in [-0.4, -0.2) is 0 Å². The second-order valence-corrected chi connectivity index (χ2v) is 10.8. The van der Waals surface area contributed by atoms with Crippen molar-refractivity contribution in [3.8, 4) is 0 Å². The number of hydrogen-bond acceptors (Lipinski definition) is 0. The minimum absolute atomic E-state index is 0.579. The topological polar surface area (TPSA) is 0 Å². The fourth-order valence-electron chi connectivity index (χ4n) is 4.44. The lowest BCUT2D eigenvalue weighted by Crippen LogP contribution is -2.21. The normalized spacial score (nSPS) is 14.4. The van der Waals surface area contributed by atoms with Crippen molar-refractivity contribution in [2.45, 2.75) is 139 Å². The van der Waals surface area contributed by atoms with Gasteiger partial charge in [-0.05, 0) is 103 Å². The van der Waals surface area contributed by atoms with E-state index in [1.165, 1.54) is 88.2 Å². The molecule has 0 saturated heterocycles. The predicted octanol–water partition coefficient (Wildman–Crippen LogP) is 10.8. The van der Waals surface area contributed by atoms with Gasteiger partial charge in [0, 0.05) is 0 Å². The molecule has 0 N–H and O–H groups in total. The SMILES string of the molecule is CCC(CC)(CCC(C)CCC=C(C)C)CCC(C)CCC=C(C)CCC=C(C)C. The fourth-order valence-corrected chi connectivity index (χ4v) is 4.44. The molecule has 0 rings (SSSR count). The Morgan fingerprint density at radius 1 is 0.633 bits per heavy atom. The van der Waals surface area contributed by atoms with E-state index in [0.29, 0.717) is 5.41 Å². The molecule has 0 spiro atoms. The molecule has 0 fully saturated rings. The van der Waals surface area contributed by atoms with E-state index in [0.717, 1.165) is 11.8 Å². The monoisotopic (exact) mass is 416 g/mol. The lowest BCUT2D eigenvalue weighted by molar-refractivity contribution is 0.182. The summed E-state index contributed by atoms with van der Waals surface area (Å²) in [5, 5.41) is 0. The van der Waals surface area contributed by atoms with E-state index in [4.69, 9.17) is 0 Å². The highest BCUT2D eigenvalue weighted by Crippen LogP contribution is 2.40. The third kappa shape index (κ3) is 15.1. The van der Waals surface area contributed by atoms with Crippen LogP contribution in [0, 0.1) is 17.3 Å². The van der Waals surface area contributed by atoms with Gasteiger partial charge in [-0.2, -0.15) is 0 Å². The van der Waals surface area contributed by atoms with Crippen molar-refractivity contribution >= 4 is 0 Å². The van der Waals surface area contributed by atoms with Crippen LogP contribution in [0.5, 0.6) is 0 Å². The summed E-state index contributed by atoms with van der Waals surface area (Å²) in [6.07, 6.45) is 23.2. The first-order chi connectivity index (χ1) is 14.1. The van der Waals surface area contributed by atoms with Gasteiger partial charge in [-0.15, -0.1) is 0 Å². The molecule has 0 nitrogen and oxygen atoms in total. The molecule has 0 heteroatoms. The first-order valence-electron chi connectivity index (χ1n) is 13.1. The van der Waals surface area contributed by atoms with E-state index < -0.39 is 0 Å². The van der Waals surface area contributed by atoms with Crippen molar-refractivity contribution in [2.24, 2.45) is 17.3 Å². The molecule has 0 aliphatic carbocycles. The molecule has 0 amide bonds. The lowest BCUT2D eigenvalue weighted by Gasteiger charge is -2.34. The molecule has 0 aliphatic rings. The zero-order valence-electron chi connectivity index (χ0n) is 22.4. The Labute approximate surface area is 191 Å². The molecular weight excluding hydrogens is 360 g/mol. The van der Waals surface area contributed by atoms with Crippen LogP contribution in [0.1, 0.15) is 139 Å². The van der Waals surface area contributed by atoms with Crippen molar-refractivity contribution in [1.29, 1.82) is 0 Å². The fraction of sp³-hybridized carbons (Fsp3) is 0.800. The second kappa shape index (κ2) is 16.9. The van der Waals surface area contributed by atoms with Crippen molar-refractivity contribution in [1.82, 2.24) is 0 Å². The molecule has 0 aromatic rings. The van der Waals surface area contributed by atoms with Crippen LogP contribution in [0.4, 0.5) is 0 Å². The summed E-state index contributed by atoms with van der Waals surface area (Å²) in [4.78, 5) is 0. The highest BCUT2D eigenvalue weighted by molar-refractivity contribution is 5.02. The Morgan fingerprint density at radius 3 is 1.50 bits per heavy atom. The van der Waals surface area contributed by atoms with Crippen LogP contribution in [-0.2, 0) is 0 Å². The maximum Gasteiger partial charge on any atom is -0.0288 e. The maximum absolute atomic E-state index is 2.50. The van der Waals surface area contributed by atoms with Crippen LogP contribution in [0.2, 0.25) is 0 Å². The predicted molar refractivity (Wildman–Crippen MR) is 140 cm³/mol. The van der Waals surface area contributed by atoms with Crippen molar-refractivity contribution in [3.63, 3.8) is 0 Å². The Morgan fingerprint density at radius 2 is 1.07 bits per heavy atom. The summed E-state index contributed by atoms with van der Waals surface area (Å²) in [6.45, 7) is 20.9. The Bertz CT molecular complexity index is 504. The highest BCUT2D eigenvalue weighted by atomic mass is 14.3. The third-order valence-electron chi connectivity index (χ3n) is 7.29. The lowest BCUT2D eigenvalue weighted by atomic mass is 9.72. The average molecular weight is 417 g/mol. The van der Waals surface area contributed by atoms with Crippen LogP contribution < -0.4 is 0 Å². The van der Waals surface area contributed by atoms with E-state index >= 15 is 0 Å². The molecule has 0 bridgehead atoms. The van der Waals surface area contributed by atoms with E-state index in [9.17, 15) is 0 Å². The molecule has 2 atom stereocenters. The van der Waals surface area contributed by atoms with Gasteiger partial charge in [0.1, 0.15) is 0 Å². The second-order valence-electron chi connectivity index (χ2n) is 10.8. The molecule has 30 heavy (non-hydrogen) atoms. The molecule has 2 unspecified atom stereocenters. The molecular formula is C30H56. The van der Waals surface area contributed by atoms with Gasteiger partial charge in [0.25, 0.3) is 0 Å². The molecule has 0 aromatic heterocycles. The van der Waals surface area contributed by atoms with Crippen LogP contribution >= 0.6 is 0 Å². The van der Waals surface area contributed by atoms with Gasteiger partial charge in [0.15, 0.2) is 0 Å². The number of rotatable bonds is 17. The maximum atomic E-state index is 2.50. The summed E-state index contributed by atoms with van der Waals surface area (Å²) in [5.41, 5.74) is 5.05. The number of allylic oxidation sites excluding steroid dienone is 6. The van der Waals surface area contributed by atoms with Crippen LogP contribution in [0.25, 0.3) is 0 Å². The molecule has 0 heterocycles. The van der Waals surface area contributed by atoms with Gasteiger partial charge in [-0.25, -0.2) is 0 Å². The Balaban J connectivity index is 4.36. The molecule has 0 aromatic carbocycles. The largest absolute Gasteiger partial charge is 0.0859 e. The van der Waals surface area contributed by atoms with E-state index in [1.807, 2.05) is 0 Å². The smallest absolute Gasteiger partial charge is 0.0288 e. The molecule has 176 valence electrons. The quantitative estimate of drug-likeness (QED) is 0.207. The van der Waals surface area contributed by atoms with Crippen molar-refractivity contribution in [3.05, 3.63) is 34.9 Å². The first-order valence-corrected chi connectivity index (χ1v) is 13.1. The minimum atomic E-state index is 0.579. The van der Waals surface area contributed by atoms with E-state index in [-0.39, 0.29) is 0 Å². The van der Waals surface area contributed by atoms with Gasteiger partial charge in [0.05, 0.1) is 0 Å². The summed E-state index contributed by atoms with van der Waals surface area (Å²) < 4.78 is 0. The van der Waals surface area contributed by atoms with E-state index in [2.05, 4.69) is 80.5 Å². The Hall–Kier alpha value is -0.780. The Kier molecular flexibility index (Phi) is 16.4. The van der Waals surface area contributed by atoms with Crippen LogP contribution in [0.15, 0.2) is 34.9 Å². The van der Waals surface area contributed by atoms with Gasteiger partial charge in [0.2, 0.25) is 0 Å². The minimum Gasteiger partial charge on any atom is -0.0859 e. The zero-order valence-corrected chi connectivity index (χ0v) is 22.4. The molecule has 0 saturated carbocycles. The summed E-state index contributed by atoms with van der Waals surface area (Å²) in [5.74, 6) is 1.70. The molecule has 0 aliphatic heterocycles. The standard InChI is InChI=1S/C30H56/c1-10-30(11-2,23-21-28(8)18-13-16-26(5)6)24-22-29(9)20-14-19-27(7)17-12-15-25(3)4/h15-16,19,28-29H,10-14,17-18,20-24H2,1-9H3. The van der Waals surface area contributed by atoms with Crippen LogP contribution in [0.3, 0.4) is 0 Å². The summed E-state index contributed by atoms with van der Waals surface area (Å²) in [7, 11) is 0. The van der Waals surface area contributed by atoms with E-state index in [1.54, 1.807) is 5.57 Å². The van der Waals surface area contributed by atoms with Crippen molar-refractivity contribution in [2.75, 3.05) is 0 Å². The van der Waals surface area contributed by atoms with Gasteiger partial charge in [-0.1, -0.05) is 88.3 Å². The van der Waals surface area contributed by atoms with Gasteiger partial charge < -0.3 is 0 Å². The molecule has 0 radical (unpaired) electrons. The van der Waals surface area contributed by atoms with Gasteiger partial charge >= 0.3 is 0 Å². The summed E-state index contributed by atoms with van der Waals surface area (Å²) in [6, 6.07) is 0. The zero-order chi connectivity index (χ0) is 23.0. The summed E-state index contributed by atoms with van der Waals surface area (Å²) >= 11 is 0.